The van der Waals surface area contributed by atoms with Gasteiger partial charge in [-0.25, -0.2) is 0 Å². The van der Waals surface area contributed by atoms with Crippen LogP contribution in [0.5, 0.6) is 0 Å². The highest BCUT2D eigenvalue weighted by Gasteiger charge is 2.15. The molecule has 0 fully saturated rings. The average molecular weight is 304 g/mol. The van der Waals surface area contributed by atoms with E-state index in [9.17, 15) is 18.4 Å². The number of anilines is 2. The summed E-state index contributed by atoms with van der Waals surface area (Å²) in [5.41, 5.74) is 1.96. The van der Waals surface area contributed by atoms with E-state index in [1.165, 1.54) is 12.1 Å². The summed E-state index contributed by atoms with van der Waals surface area (Å²) in [6.45, 7) is 1.71. The minimum Gasteiger partial charge on any atom is -0.322 e. The summed E-state index contributed by atoms with van der Waals surface area (Å²) in [6.07, 6.45) is -3.07. The molecule has 0 saturated carbocycles. The summed E-state index contributed by atoms with van der Waals surface area (Å²) in [7, 11) is 0. The predicted octanol–water partition coefficient (Wildman–Crippen LogP) is 3.45. The Morgan fingerprint density at radius 3 is 2.27 bits per heavy atom. The molecule has 0 aliphatic carbocycles. The number of carbonyl (C=O) groups is 2. The highest BCUT2D eigenvalue weighted by atomic mass is 19.3. The smallest absolute Gasteiger partial charge is 0.315 e. The van der Waals surface area contributed by atoms with Gasteiger partial charge in [-0.15, -0.1) is 0 Å². The van der Waals surface area contributed by atoms with E-state index in [-0.39, 0.29) is 11.6 Å². The van der Waals surface area contributed by atoms with Gasteiger partial charge in [-0.05, 0) is 42.8 Å². The Morgan fingerprint density at radius 1 is 1.00 bits per heavy atom. The molecule has 0 spiro atoms. The minimum atomic E-state index is -3.07. The van der Waals surface area contributed by atoms with Gasteiger partial charge in [0.2, 0.25) is 0 Å². The number of amides is 2. The van der Waals surface area contributed by atoms with Gasteiger partial charge in [0.25, 0.3) is 11.8 Å². The SMILES string of the molecule is Cc1cc(NC(=O)C(F)F)ccc1NC(=O)c1ccccc1. The van der Waals surface area contributed by atoms with Crippen molar-refractivity contribution in [1.82, 2.24) is 0 Å². The lowest BCUT2D eigenvalue weighted by atomic mass is 10.1. The third kappa shape index (κ3) is 3.88. The molecule has 6 heteroatoms. The molecule has 2 aromatic rings. The molecule has 2 rings (SSSR count). The molecule has 0 aromatic heterocycles. The van der Waals surface area contributed by atoms with Crippen LogP contribution in [0.25, 0.3) is 0 Å². The molecule has 4 nitrogen and oxygen atoms in total. The van der Waals surface area contributed by atoms with Gasteiger partial charge in [-0.2, -0.15) is 8.78 Å². The summed E-state index contributed by atoms with van der Waals surface area (Å²) in [5.74, 6) is -1.63. The molecule has 0 unspecified atom stereocenters. The number of benzene rings is 2. The fourth-order valence-electron chi connectivity index (χ4n) is 1.86. The molecular formula is C16H14F2N2O2. The third-order valence-corrected chi connectivity index (χ3v) is 2.98. The first-order valence-corrected chi connectivity index (χ1v) is 6.53. The number of nitrogens with one attached hydrogen (secondary N) is 2. The number of aryl methyl sites for hydroxylation is 1. The molecule has 2 N–H and O–H groups in total. The first kappa shape index (κ1) is 15.6. The zero-order chi connectivity index (χ0) is 16.1. The molecule has 0 bridgehead atoms. The van der Waals surface area contributed by atoms with Crippen molar-refractivity contribution in [3.8, 4) is 0 Å². The Hall–Kier alpha value is -2.76. The van der Waals surface area contributed by atoms with Crippen molar-refractivity contribution in [2.24, 2.45) is 0 Å². The van der Waals surface area contributed by atoms with E-state index in [0.717, 1.165) is 0 Å². The van der Waals surface area contributed by atoms with Crippen LogP contribution in [-0.2, 0) is 4.79 Å². The summed E-state index contributed by atoms with van der Waals surface area (Å²) >= 11 is 0. The monoisotopic (exact) mass is 304 g/mol. The molecule has 2 amide bonds. The molecule has 0 aliphatic heterocycles. The fourth-order valence-corrected chi connectivity index (χ4v) is 1.86. The van der Waals surface area contributed by atoms with Gasteiger partial charge in [0.1, 0.15) is 0 Å². The van der Waals surface area contributed by atoms with Crippen LogP contribution in [0.3, 0.4) is 0 Å². The van der Waals surface area contributed by atoms with E-state index in [0.29, 0.717) is 16.8 Å². The number of carbonyl (C=O) groups excluding carboxylic acids is 2. The predicted molar refractivity (Wildman–Crippen MR) is 80.2 cm³/mol. The van der Waals surface area contributed by atoms with Crippen LogP contribution in [0.1, 0.15) is 15.9 Å². The van der Waals surface area contributed by atoms with Crippen molar-refractivity contribution in [2.75, 3.05) is 10.6 Å². The van der Waals surface area contributed by atoms with Crippen molar-refractivity contribution in [2.45, 2.75) is 13.3 Å². The van der Waals surface area contributed by atoms with Gasteiger partial charge in [-0.3, -0.25) is 9.59 Å². The Kier molecular flexibility index (Phi) is 4.83. The lowest BCUT2D eigenvalue weighted by Gasteiger charge is -2.11. The second-order valence-corrected chi connectivity index (χ2v) is 4.64. The van der Waals surface area contributed by atoms with E-state index < -0.39 is 12.3 Å². The van der Waals surface area contributed by atoms with Crippen LogP contribution >= 0.6 is 0 Å². The summed E-state index contributed by atoms with van der Waals surface area (Å²) < 4.78 is 24.4. The van der Waals surface area contributed by atoms with Crippen molar-refractivity contribution < 1.29 is 18.4 Å². The molecule has 0 aliphatic rings. The molecule has 0 atom stereocenters. The van der Waals surface area contributed by atoms with Crippen LogP contribution in [0.2, 0.25) is 0 Å². The molecule has 0 saturated heterocycles. The van der Waals surface area contributed by atoms with Crippen LogP contribution in [0, 0.1) is 6.92 Å². The second kappa shape index (κ2) is 6.80. The third-order valence-electron chi connectivity index (χ3n) is 2.98. The Morgan fingerprint density at radius 2 is 1.68 bits per heavy atom. The van der Waals surface area contributed by atoms with Gasteiger partial charge in [-0.1, -0.05) is 18.2 Å². The van der Waals surface area contributed by atoms with Gasteiger partial charge in [0.15, 0.2) is 0 Å². The van der Waals surface area contributed by atoms with Crippen molar-refractivity contribution in [3.63, 3.8) is 0 Å². The number of rotatable bonds is 4. The average Bonchev–Trinajstić information content (AvgIpc) is 2.50. The molecule has 2 aromatic carbocycles. The van der Waals surface area contributed by atoms with Crippen LogP contribution in [0.4, 0.5) is 20.2 Å². The lowest BCUT2D eigenvalue weighted by molar-refractivity contribution is -0.126. The highest BCUT2D eigenvalue weighted by Crippen LogP contribution is 2.21. The number of hydrogen-bond donors (Lipinski definition) is 2. The molecule has 0 heterocycles. The first-order valence-electron chi connectivity index (χ1n) is 6.53. The topological polar surface area (TPSA) is 58.2 Å². The van der Waals surface area contributed by atoms with Crippen molar-refractivity contribution in [3.05, 3.63) is 59.7 Å². The highest BCUT2D eigenvalue weighted by molar-refractivity contribution is 6.04. The normalized spacial score (nSPS) is 10.4. The van der Waals surface area contributed by atoms with Gasteiger partial charge in [0, 0.05) is 16.9 Å². The molecule has 114 valence electrons. The molecular weight excluding hydrogens is 290 g/mol. The largest absolute Gasteiger partial charge is 0.322 e. The van der Waals surface area contributed by atoms with E-state index in [1.54, 1.807) is 37.3 Å². The van der Waals surface area contributed by atoms with Crippen LogP contribution in [-0.4, -0.2) is 18.2 Å². The van der Waals surface area contributed by atoms with Crippen molar-refractivity contribution >= 4 is 23.2 Å². The lowest BCUT2D eigenvalue weighted by Crippen LogP contribution is -2.20. The van der Waals surface area contributed by atoms with E-state index in [4.69, 9.17) is 0 Å². The van der Waals surface area contributed by atoms with E-state index >= 15 is 0 Å². The first-order chi connectivity index (χ1) is 10.5. The zero-order valence-corrected chi connectivity index (χ0v) is 11.8. The minimum absolute atomic E-state index is 0.250. The van der Waals surface area contributed by atoms with Crippen molar-refractivity contribution in [1.29, 1.82) is 0 Å². The Balaban J connectivity index is 2.10. The Bertz CT molecular complexity index is 688. The maximum atomic E-state index is 12.2. The second-order valence-electron chi connectivity index (χ2n) is 4.64. The maximum Gasteiger partial charge on any atom is 0.315 e. The van der Waals surface area contributed by atoms with Gasteiger partial charge in [0.05, 0.1) is 0 Å². The van der Waals surface area contributed by atoms with Gasteiger partial charge >= 0.3 is 6.43 Å². The standard InChI is InChI=1S/C16H14F2N2O2/c1-10-9-12(19-16(22)14(17)18)7-8-13(10)20-15(21)11-5-3-2-4-6-11/h2-9,14H,1H3,(H,19,22)(H,20,21). The molecule has 0 radical (unpaired) electrons. The van der Waals surface area contributed by atoms with E-state index in [1.807, 2.05) is 6.07 Å². The maximum absolute atomic E-state index is 12.2. The summed E-state index contributed by atoms with van der Waals surface area (Å²) in [6, 6.07) is 13.2. The molecule has 22 heavy (non-hydrogen) atoms. The zero-order valence-electron chi connectivity index (χ0n) is 11.8. The van der Waals surface area contributed by atoms with E-state index in [2.05, 4.69) is 10.6 Å². The number of alkyl halides is 2. The summed E-state index contributed by atoms with van der Waals surface area (Å²) in [4.78, 5) is 23.0. The number of hydrogen-bond acceptors (Lipinski definition) is 2. The summed E-state index contributed by atoms with van der Waals surface area (Å²) in [5, 5.41) is 4.82. The number of halogens is 2. The quantitative estimate of drug-likeness (QED) is 0.909. The van der Waals surface area contributed by atoms with Gasteiger partial charge < -0.3 is 10.6 Å². The van der Waals surface area contributed by atoms with Crippen LogP contribution in [0.15, 0.2) is 48.5 Å². The van der Waals surface area contributed by atoms with Crippen LogP contribution < -0.4 is 10.6 Å². The Labute approximate surface area is 126 Å². The fraction of sp³-hybridized carbons (Fsp3) is 0.125.